The maximum atomic E-state index is 12.1. The zero-order valence-electron chi connectivity index (χ0n) is 10.8. The first-order valence-electron chi connectivity index (χ1n) is 6.96. The van der Waals surface area contributed by atoms with E-state index in [0.717, 1.165) is 39.0 Å². The highest BCUT2D eigenvalue weighted by molar-refractivity contribution is 6.52. The van der Waals surface area contributed by atoms with E-state index in [-0.39, 0.29) is 24.0 Å². The fourth-order valence-electron chi connectivity index (χ4n) is 2.81. The molecular weight excluding hydrogens is 289 g/mol. The van der Waals surface area contributed by atoms with Crippen LogP contribution in [0.1, 0.15) is 25.7 Å². The highest BCUT2D eigenvalue weighted by Crippen LogP contribution is 2.54. The van der Waals surface area contributed by atoms with Gasteiger partial charge in [-0.2, -0.15) is 0 Å². The Kier molecular flexibility index (Phi) is 3.96. The summed E-state index contributed by atoms with van der Waals surface area (Å²) in [5, 5.41) is 0. The van der Waals surface area contributed by atoms with Crippen molar-refractivity contribution in [1.29, 1.82) is 0 Å². The second kappa shape index (κ2) is 5.40. The fraction of sp³-hybridized carbons (Fsp3) is 0.923. The minimum Gasteiger partial charge on any atom is -0.379 e. The molecular formula is C13H19Cl2NO3. The van der Waals surface area contributed by atoms with E-state index in [4.69, 9.17) is 32.7 Å². The number of ether oxygens (including phenoxy) is 2. The molecule has 0 N–H and O–H groups in total. The quantitative estimate of drug-likeness (QED) is 0.748. The minimum atomic E-state index is -0.814. The lowest BCUT2D eigenvalue weighted by atomic mass is 10.1. The first kappa shape index (κ1) is 13.9. The number of rotatable bonds is 3. The number of carbonyl (C=O) groups is 1. The van der Waals surface area contributed by atoms with E-state index in [9.17, 15) is 4.79 Å². The predicted octanol–water partition coefficient (Wildman–Crippen LogP) is 1.98. The van der Waals surface area contributed by atoms with Gasteiger partial charge in [0.15, 0.2) is 0 Å². The largest absolute Gasteiger partial charge is 0.379 e. The van der Waals surface area contributed by atoms with Crippen molar-refractivity contribution in [2.75, 3.05) is 26.3 Å². The highest BCUT2D eigenvalue weighted by atomic mass is 35.5. The van der Waals surface area contributed by atoms with Gasteiger partial charge in [-0.1, -0.05) is 0 Å². The second-order valence-corrected chi connectivity index (χ2v) is 7.21. The lowest BCUT2D eigenvalue weighted by Gasteiger charge is -2.33. The zero-order valence-corrected chi connectivity index (χ0v) is 12.3. The molecule has 0 aromatic carbocycles. The van der Waals surface area contributed by atoms with Crippen LogP contribution < -0.4 is 0 Å². The van der Waals surface area contributed by atoms with E-state index in [1.807, 2.05) is 4.90 Å². The maximum absolute atomic E-state index is 12.1. The first-order valence-corrected chi connectivity index (χ1v) is 7.71. The smallest absolute Gasteiger partial charge is 0.228 e. The van der Waals surface area contributed by atoms with Gasteiger partial charge in [-0.25, -0.2) is 0 Å². The van der Waals surface area contributed by atoms with Crippen molar-refractivity contribution in [2.45, 2.75) is 42.2 Å². The number of hydrogen-bond acceptors (Lipinski definition) is 3. The molecule has 3 aliphatic rings. The van der Waals surface area contributed by atoms with E-state index in [2.05, 4.69) is 0 Å². The summed E-state index contributed by atoms with van der Waals surface area (Å²) >= 11 is 11.9. The zero-order chi connectivity index (χ0) is 13.5. The molecule has 1 saturated carbocycles. The molecule has 0 aromatic rings. The van der Waals surface area contributed by atoms with Crippen molar-refractivity contribution >= 4 is 29.1 Å². The lowest BCUT2D eigenvalue weighted by Crippen LogP contribution is -2.43. The average molecular weight is 308 g/mol. The molecule has 108 valence electrons. The van der Waals surface area contributed by atoms with Gasteiger partial charge in [0.1, 0.15) is 4.33 Å². The van der Waals surface area contributed by atoms with Crippen LogP contribution in [0.2, 0.25) is 0 Å². The van der Waals surface area contributed by atoms with Gasteiger partial charge in [-0.3, -0.25) is 4.79 Å². The summed E-state index contributed by atoms with van der Waals surface area (Å²) in [5.74, 6) is -0.0933. The van der Waals surface area contributed by atoms with Gasteiger partial charge in [0, 0.05) is 19.7 Å². The van der Waals surface area contributed by atoms with Crippen LogP contribution in [0.4, 0.5) is 0 Å². The number of halogens is 2. The Balaban J connectivity index is 1.43. The SMILES string of the molecule is O=C([C@H]1CC1(Cl)Cl)N1CCC(O[C@@H]2CCOC2)CC1. The molecule has 3 fully saturated rings. The summed E-state index contributed by atoms with van der Waals surface area (Å²) in [6.07, 6.45) is 3.87. The number of likely N-dealkylation sites (tertiary alicyclic amines) is 1. The predicted molar refractivity (Wildman–Crippen MR) is 72.5 cm³/mol. The van der Waals surface area contributed by atoms with Gasteiger partial charge in [0.2, 0.25) is 5.91 Å². The molecule has 1 aliphatic carbocycles. The molecule has 2 atom stereocenters. The summed E-state index contributed by atoms with van der Waals surface area (Å²) in [6, 6.07) is 0. The number of piperidine rings is 1. The highest BCUT2D eigenvalue weighted by Gasteiger charge is 2.57. The third-order valence-corrected chi connectivity index (χ3v) is 4.99. The van der Waals surface area contributed by atoms with Crippen LogP contribution in [-0.4, -0.2) is 53.7 Å². The number of carbonyl (C=O) groups excluding carboxylic acids is 1. The van der Waals surface area contributed by atoms with E-state index >= 15 is 0 Å². The Bertz CT molecular complexity index is 350. The van der Waals surface area contributed by atoms with E-state index in [1.54, 1.807) is 0 Å². The Morgan fingerprint density at radius 1 is 1.21 bits per heavy atom. The summed E-state index contributed by atoms with van der Waals surface area (Å²) in [7, 11) is 0. The van der Waals surface area contributed by atoms with Crippen LogP contribution in [0.15, 0.2) is 0 Å². The van der Waals surface area contributed by atoms with Gasteiger partial charge in [-0.05, 0) is 25.7 Å². The lowest BCUT2D eigenvalue weighted by molar-refractivity contribution is -0.136. The molecule has 6 heteroatoms. The Hall–Kier alpha value is -0.0300. The first-order chi connectivity index (χ1) is 9.06. The summed E-state index contributed by atoms with van der Waals surface area (Å²) < 4.78 is 10.5. The Morgan fingerprint density at radius 3 is 2.42 bits per heavy atom. The third-order valence-electron chi connectivity index (χ3n) is 4.15. The van der Waals surface area contributed by atoms with Crippen LogP contribution >= 0.6 is 23.2 Å². The van der Waals surface area contributed by atoms with Gasteiger partial charge >= 0.3 is 0 Å². The van der Waals surface area contributed by atoms with Crippen LogP contribution in [-0.2, 0) is 14.3 Å². The molecule has 2 aliphatic heterocycles. The van der Waals surface area contributed by atoms with Crippen LogP contribution in [0.5, 0.6) is 0 Å². The Labute approximate surface area is 123 Å². The Morgan fingerprint density at radius 2 is 1.89 bits per heavy atom. The summed E-state index contributed by atoms with van der Waals surface area (Å²) in [4.78, 5) is 14.0. The molecule has 1 amide bonds. The molecule has 0 aromatic heterocycles. The molecule has 3 rings (SSSR count). The topological polar surface area (TPSA) is 38.8 Å². The third kappa shape index (κ3) is 3.18. The number of alkyl halides is 2. The molecule has 4 nitrogen and oxygen atoms in total. The number of nitrogens with zero attached hydrogens (tertiary/aromatic N) is 1. The normalized spacial score (nSPS) is 34.5. The summed E-state index contributed by atoms with van der Waals surface area (Å²) in [6.45, 7) is 3.01. The standard InChI is InChI=1S/C13H19Cl2NO3/c14-13(15)7-11(13)12(17)16-4-1-9(2-5-16)19-10-3-6-18-8-10/h9-11H,1-8H2/t10-,11-/m1/s1. The molecule has 0 spiro atoms. The van der Waals surface area contributed by atoms with E-state index in [0.29, 0.717) is 13.0 Å². The van der Waals surface area contributed by atoms with E-state index in [1.165, 1.54) is 0 Å². The molecule has 0 bridgehead atoms. The van der Waals surface area contributed by atoms with Gasteiger partial charge in [-0.15, -0.1) is 23.2 Å². The maximum Gasteiger partial charge on any atom is 0.228 e. The minimum absolute atomic E-state index is 0.104. The second-order valence-electron chi connectivity index (χ2n) is 5.66. The van der Waals surface area contributed by atoms with E-state index < -0.39 is 4.33 Å². The fourth-order valence-corrected chi connectivity index (χ4v) is 3.30. The van der Waals surface area contributed by atoms with Crippen molar-refractivity contribution in [3.63, 3.8) is 0 Å². The van der Waals surface area contributed by atoms with Crippen LogP contribution in [0.3, 0.4) is 0 Å². The van der Waals surface area contributed by atoms with Crippen molar-refractivity contribution < 1.29 is 14.3 Å². The van der Waals surface area contributed by atoms with Gasteiger partial charge < -0.3 is 14.4 Å². The van der Waals surface area contributed by atoms with Crippen molar-refractivity contribution in [1.82, 2.24) is 4.90 Å². The summed E-state index contributed by atoms with van der Waals surface area (Å²) in [5.41, 5.74) is 0. The molecule has 2 saturated heterocycles. The van der Waals surface area contributed by atoms with Crippen molar-refractivity contribution in [3.05, 3.63) is 0 Å². The van der Waals surface area contributed by atoms with Crippen molar-refractivity contribution in [2.24, 2.45) is 5.92 Å². The molecule has 2 heterocycles. The number of amides is 1. The van der Waals surface area contributed by atoms with Gasteiger partial charge in [0.05, 0.1) is 24.7 Å². The van der Waals surface area contributed by atoms with Gasteiger partial charge in [0.25, 0.3) is 0 Å². The monoisotopic (exact) mass is 307 g/mol. The molecule has 0 radical (unpaired) electrons. The number of hydrogen-bond donors (Lipinski definition) is 0. The molecule has 19 heavy (non-hydrogen) atoms. The van der Waals surface area contributed by atoms with Crippen molar-refractivity contribution in [3.8, 4) is 0 Å². The average Bonchev–Trinajstić information content (AvgIpc) is 2.79. The van der Waals surface area contributed by atoms with Crippen LogP contribution in [0.25, 0.3) is 0 Å². The molecule has 0 unspecified atom stereocenters. The van der Waals surface area contributed by atoms with Crippen LogP contribution in [0, 0.1) is 5.92 Å².